The Kier molecular flexibility index (Phi) is 4.93. The molecule has 0 aliphatic carbocycles. The maximum atomic E-state index is 12.5. The zero-order valence-electron chi connectivity index (χ0n) is 13.0. The van der Waals surface area contributed by atoms with E-state index in [1.54, 1.807) is 18.3 Å². The van der Waals surface area contributed by atoms with Gasteiger partial charge in [-0.1, -0.05) is 11.6 Å². The van der Waals surface area contributed by atoms with Crippen molar-refractivity contribution in [3.8, 4) is 0 Å². The number of carbonyl (C=O) groups is 1. The molecule has 1 amide bonds. The smallest absolute Gasteiger partial charge is 0.242 e. The van der Waals surface area contributed by atoms with Crippen LogP contribution in [0.15, 0.2) is 36.8 Å². The molecule has 1 N–H and O–H groups in total. The van der Waals surface area contributed by atoms with E-state index in [1.165, 1.54) is 6.20 Å². The van der Waals surface area contributed by atoms with Gasteiger partial charge < -0.3 is 5.32 Å². The highest BCUT2D eigenvalue weighted by atomic mass is 35.5. The summed E-state index contributed by atoms with van der Waals surface area (Å²) in [5.74, 6) is 0.473. The number of nitrogens with one attached hydrogen (secondary N) is 1. The third-order valence-corrected chi connectivity index (χ3v) is 4.46. The van der Waals surface area contributed by atoms with E-state index in [9.17, 15) is 4.79 Å². The molecule has 2 aromatic rings. The van der Waals surface area contributed by atoms with Crippen LogP contribution in [-0.4, -0.2) is 44.2 Å². The molecular formula is C16H20ClN5O. The molecule has 1 aliphatic heterocycles. The van der Waals surface area contributed by atoms with E-state index in [-0.39, 0.29) is 11.9 Å². The second-order valence-corrected chi connectivity index (χ2v) is 6.23. The number of halogens is 1. The van der Waals surface area contributed by atoms with Crippen molar-refractivity contribution in [2.75, 3.05) is 11.9 Å². The quantitative estimate of drug-likeness (QED) is 0.912. The van der Waals surface area contributed by atoms with Crippen LogP contribution in [0.2, 0.25) is 5.02 Å². The fourth-order valence-corrected chi connectivity index (χ4v) is 3.13. The predicted molar refractivity (Wildman–Crippen MR) is 89.3 cm³/mol. The van der Waals surface area contributed by atoms with Gasteiger partial charge in [-0.25, -0.2) is 4.98 Å². The zero-order chi connectivity index (χ0) is 16.2. The van der Waals surface area contributed by atoms with Crippen LogP contribution in [0.25, 0.3) is 0 Å². The lowest BCUT2D eigenvalue weighted by Crippen LogP contribution is -2.46. The van der Waals surface area contributed by atoms with Gasteiger partial charge in [-0.2, -0.15) is 5.10 Å². The fraction of sp³-hybridized carbons (Fsp3) is 0.438. The van der Waals surface area contributed by atoms with Gasteiger partial charge in [0.2, 0.25) is 5.91 Å². The second-order valence-electron chi connectivity index (χ2n) is 5.79. The molecule has 0 spiro atoms. The van der Waals surface area contributed by atoms with Gasteiger partial charge in [0.1, 0.15) is 5.82 Å². The van der Waals surface area contributed by atoms with Crippen molar-refractivity contribution in [1.29, 1.82) is 0 Å². The molecule has 2 aromatic heterocycles. The van der Waals surface area contributed by atoms with Crippen molar-refractivity contribution in [3.05, 3.63) is 41.8 Å². The van der Waals surface area contributed by atoms with Crippen molar-refractivity contribution in [2.24, 2.45) is 0 Å². The van der Waals surface area contributed by atoms with E-state index in [4.69, 9.17) is 11.6 Å². The summed E-state index contributed by atoms with van der Waals surface area (Å²) in [5, 5.41) is 7.66. The molecule has 3 heterocycles. The number of rotatable bonds is 5. The number of pyridine rings is 1. The topological polar surface area (TPSA) is 63.1 Å². The van der Waals surface area contributed by atoms with E-state index >= 15 is 0 Å². The lowest BCUT2D eigenvalue weighted by molar-refractivity contribution is -0.121. The SMILES string of the molecule is C[C@H](C(=O)Nc1ccc(Cl)cn1)N1CCC[C@H]1Cn1cccn1. The Morgan fingerprint density at radius 2 is 2.39 bits per heavy atom. The molecule has 6 nitrogen and oxygen atoms in total. The molecule has 0 bridgehead atoms. The summed E-state index contributed by atoms with van der Waals surface area (Å²) in [4.78, 5) is 18.8. The minimum Gasteiger partial charge on any atom is -0.309 e. The molecule has 0 saturated carbocycles. The van der Waals surface area contributed by atoms with E-state index < -0.39 is 0 Å². The summed E-state index contributed by atoms with van der Waals surface area (Å²) in [7, 11) is 0. The molecule has 1 saturated heterocycles. The third kappa shape index (κ3) is 3.89. The summed E-state index contributed by atoms with van der Waals surface area (Å²) < 4.78 is 1.92. The molecule has 122 valence electrons. The van der Waals surface area contributed by atoms with Crippen molar-refractivity contribution in [3.63, 3.8) is 0 Å². The first-order chi connectivity index (χ1) is 11.1. The van der Waals surface area contributed by atoms with Gasteiger partial charge in [-0.05, 0) is 44.5 Å². The van der Waals surface area contributed by atoms with Gasteiger partial charge in [0.05, 0.1) is 17.6 Å². The number of carbonyl (C=O) groups excluding carboxylic acids is 1. The summed E-state index contributed by atoms with van der Waals surface area (Å²) in [6, 6.07) is 5.45. The van der Waals surface area contributed by atoms with E-state index in [2.05, 4.69) is 20.3 Å². The maximum Gasteiger partial charge on any atom is 0.242 e. The molecule has 7 heteroatoms. The minimum absolute atomic E-state index is 0.0489. The van der Waals surface area contributed by atoms with Crippen LogP contribution in [0, 0.1) is 0 Å². The van der Waals surface area contributed by atoms with Crippen molar-refractivity contribution in [1.82, 2.24) is 19.7 Å². The molecule has 3 rings (SSSR count). The van der Waals surface area contributed by atoms with Crippen LogP contribution in [0.3, 0.4) is 0 Å². The molecule has 23 heavy (non-hydrogen) atoms. The van der Waals surface area contributed by atoms with Crippen LogP contribution in [0.1, 0.15) is 19.8 Å². The molecule has 1 fully saturated rings. The average Bonchev–Trinajstić information content (AvgIpc) is 3.21. The molecule has 0 aromatic carbocycles. The predicted octanol–water partition coefficient (Wildman–Crippen LogP) is 2.42. The molecule has 0 radical (unpaired) electrons. The second kappa shape index (κ2) is 7.10. The molecular weight excluding hydrogens is 314 g/mol. The fourth-order valence-electron chi connectivity index (χ4n) is 3.02. The Bertz CT molecular complexity index is 643. The molecule has 1 aliphatic rings. The highest BCUT2D eigenvalue weighted by Crippen LogP contribution is 2.22. The van der Waals surface area contributed by atoms with Gasteiger partial charge in [0.15, 0.2) is 0 Å². The molecule has 0 unspecified atom stereocenters. The summed E-state index contributed by atoms with van der Waals surface area (Å²) in [5.41, 5.74) is 0. The first-order valence-corrected chi connectivity index (χ1v) is 8.17. The number of nitrogens with zero attached hydrogens (tertiary/aromatic N) is 4. The number of hydrogen-bond donors (Lipinski definition) is 1. The number of aromatic nitrogens is 3. The summed E-state index contributed by atoms with van der Waals surface area (Å²) in [6.45, 7) is 3.67. The van der Waals surface area contributed by atoms with E-state index in [0.717, 1.165) is 25.9 Å². The number of anilines is 1. The van der Waals surface area contributed by atoms with Crippen LogP contribution < -0.4 is 5.32 Å². The van der Waals surface area contributed by atoms with Crippen LogP contribution in [0.5, 0.6) is 0 Å². The molecule has 2 atom stereocenters. The summed E-state index contributed by atoms with van der Waals surface area (Å²) in [6.07, 6.45) is 7.44. The summed E-state index contributed by atoms with van der Waals surface area (Å²) >= 11 is 5.81. The lowest BCUT2D eigenvalue weighted by Gasteiger charge is -2.29. The Balaban J connectivity index is 1.62. The highest BCUT2D eigenvalue weighted by molar-refractivity contribution is 6.30. The van der Waals surface area contributed by atoms with Crippen LogP contribution >= 0.6 is 11.6 Å². The first-order valence-electron chi connectivity index (χ1n) is 7.79. The number of hydrogen-bond acceptors (Lipinski definition) is 4. The van der Waals surface area contributed by atoms with Gasteiger partial charge in [0.25, 0.3) is 0 Å². The van der Waals surface area contributed by atoms with Crippen molar-refractivity contribution in [2.45, 2.75) is 38.4 Å². The highest BCUT2D eigenvalue weighted by Gasteiger charge is 2.32. The Labute approximate surface area is 140 Å². The van der Waals surface area contributed by atoms with Gasteiger partial charge in [-0.3, -0.25) is 14.4 Å². The number of amides is 1. The van der Waals surface area contributed by atoms with Gasteiger partial charge in [0, 0.05) is 24.6 Å². The lowest BCUT2D eigenvalue weighted by atomic mass is 10.2. The van der Waals surface area contributed by atoms with Gasteiger partial charge >= 0.3 is 0 Å². The average molecular weight is 334 g/mol. The standard InChI is InChI=1S/C16H20ClN5O/c1-12(16(23)20-15-6-5-13(17)10-18-15)22-9-2-4-14(22)11-21-8-3-7-19-21/h3,5-8,10,12,14H,2,4,9,11H2,1H3,(H,18,20,23)/t12-,14+/m1/s1. The van der Waals surface area contributed by atoms with Crippen molar-refractivity contribution >= 4 is 23.3 Å². The Hall–Kier alpha value is -1.92. The first kappa shape index (κ1) is 16.0. The monoisotopic (exact) mass is 333 g/mol. The number of likely N-dealkylation sites (tertiary alicyclic amines) is 1. The Morgan fingerprint density at radius 1 is 1.52 bits per heavy atom. The van der Waals surface area contributed by atoms with E-state index in [0.29, 0.717) is 16.9 Å². The normalized spacial score (nSPS) is 19.7. The minimum atomic E-state index is -0.212. The zero-order valence-corrected chi connectivity index (χ0v) is 13.8. The van der Waals surface area contributed by atoms with Crippen LogP contribution in [0.4, 0.5) is 5.82 Å². The van der Waals surface area contributed by atoms with E-state index in [1.807, 2.05) is 23.9 Å². The van der Waals surface area contributed by atoms with Gasteiger partial charge in [-0.15, -0.1) is 0 Å². The Morgan fingerprint density at radius 3 is 3.09 bits per heavy atom. The third-order valence-electron chi connectivity index (χ3n) is 4.24. The van der Waals surface area contributed by atoms with Crippen molar-refractivity contribution < 1.29 is 4.79 Å². The maximum absolute atomic E-state index is 12.5. The largest absolute Gasteiger partial charge is 0.309 e. The van der Waals surface area contributed by atoms with Crippen LogP contribution in [-0.2, 0) is 11.3 Å².